The largest absolute Gasteiger partial charge is 0.381 e. The number of hydrogen-bond acceptors (Lipinski definition) is 3. The molecule has 0 bridgehead atoms. The lowest BCUT2D eigenvalue weighted by molar-refractivity contribution is 0.0685. The molecule has 1 heterocycles. The third-order valence-electron chi connectivity index (χ3n) is 3.69. The minimum absolute atomic E-state index is 0.754. The third-order valence-corrected chi connectivity index (χ3v) is 4.19. The van der Waals surface area contributed by atoms with Crippen LogP contribution >= 0.6 is 15.9 Å². The Morgan fingerprint density at radius 2 is 2.11 bits per heavy atom. The van der Waals surface area contributed by atoms with Gasteiger partial charge in [-0.25, -0.2) is 0 Å². The van der Waals surface area contributed by atoms with Gasteiger partial charge in [-0.3, -0.25) is 0 Å². The number of rotatable bonds is 5. The molecule has 1 aliphatic heterocycles. The maximum absolute atomic E-state index is 5.43. The minimum Gasteiger partial charge on any atom is -0.381 e. The number of benzene rings is 1. The fourth-order valence-electron chi connectivity index (χ4n) is 2.67. The van der Waals surface area contributed by atoms with Crippen LogP contribution in [0.3, 0.4) is 0 Å². The fourth-order valence-corrected chi connectivity index (χ4v) is 3.08. The molecule has 3 nitrogen and oxygen atoms in total. The van der Waals surface area contributed by atoms with Gasteiger partial charge in [0.05, 0.1) is 0 Å². The van der Waals surface area contributed by atoms with Crippen molar-refractivity contribution < 1.29 is 4.74 Å². The lowest BCUT2D eigenvalue weighted by atomic mass is 9.99. The second-order valence-corrected chi connectivity index (χ2v) is 6.16. The van der Waals surface area contributed by atoms with Gasteiger partial charge in [0.25, 0.3) is 0 Å². The van der Waals surface area contributed by atoms with Crippen molar-refractivity contribution in [2.75, 3.05) is 38.8 Å². The second kappa shape index (κ2) is 7.27. The van der Waals surface area contributed by atoms with Crippen molar-refractivity contribution in [3.8, 4) is 0 Å². The summed E-state index contributed by atoms with van der Waals surface area (Å²) in [5.41, 5.74) is 2.66. The van der Waals surface area contributed by atoms with Crippen LogP contribution < -0.4 is 10.2 Å². The van der Waals surface area contributed by atoms with Crippen LogP contribution in [0.25, 0.3) is 0 Å². The highest BCUT2D eigenvalue weighted by molar-refractivity contribution is 9.10. The van der Waals surface area contributed by atoms with Gasteiger partial charge in [-0.05, 0) is 49.6 Å². The SMILES string of the molecule is CNCc1cc(Br)ccc1N(C)CC1CCOCC1. The maximum Gasteiger partial charge on any atom is 0.0469 e. The van der Waals surface area contributed by atoms with E-state index in [2.05, 4.69) is 51.4 Å². The average Bonchev–Trinajstić information content (AvgIpc) is 2.40. The number of hydrogen-bond donors (Lipinski definition) is 1. The Labute approximate surface area is 124 Å². The molecule has 0 unspecified atom stereocenters. The normalized spacial score (nSPS) is 16.6. The van der Waals surface area contributed by atoms with Crippen molar-refractivity contribution in [2.45, 2.75) is 19.4 Å². The lowest BCUT2D eigenvalue weighted by Gasteiger charge is -2.29. The van der Waals surface area contributed by atoms with Crippen LogP contribution in [-0.4, -0.2) is 33.9 Å². The van der Waals surface area contributed by atoms with Crippen LogP contribution in [0.4, 0.5) is 5.69 Å². The summed E-state index contributed by atoms with van der Waals surface area (Å²) in [6.07, 6.45) is 2.37. The first-order chi connectivity index (χ1) is 9.20. The molecule has 106 valence electrons. The molecule has 0 saturated carbocycles. The van der Waals surface area contributed by atoms with Gasteiger partial charge in [-0.2, -0.15) is 0 Å². The summed E-state index contributed by atoms with van der Waals surface area (Å²) in [6, 6.07) is 6.53. The highest BCUT2D eigenvalue weighted by Gasteiger charge is 2.17. The van der Waals surface area contributed by atoms with Crippen molar-refractivity contribution in [1.82, 2.24) is 5.32 Å². The molecular formula is C15H23BrN2O. The molecule has 4 heteroatoms. The van der Waals surface area contributed by atoms with Crippen molar-refractivity contribution in [2.24, 2.45) is 5.92 Å². The number of halogens is 1. The van der Waals surface area contributed by atoms with Gasteiger partial charge >= 0.3 is 0 Å². The molecule has 1 aliphatic rings. The second-order valence-electron chi connectivity index (χ2n) is 5.24. The molecule has 0 amide bonds. The standard InChI is InChI=1S/C15H23BrN2O/c1-17-10-13-9-14(16)3-4-15(13)18(2)11-12-5-7-19-8-6-12/h3-4,9,12,17H,5-8,10-11H2,1-2H3. The van der Waals surface area contributed by atoms with Gasteiger partial charge in [-0.15, -0.1) is 0 Å². The summed E-state index contributed by atoms with van der Waals surface area (Å²) >= 11 is 3.55. The number of nitrogens with zero attached hydrogens (tertiary/aromatic N) is 1. The molecular weight excluding hydrogens is 304 g/mol. The van der Waals surface area contributed by atoms with Crippen LogP contribution in [0.2, 0.25) is 0 Å². The molecule has 1 fully saturated rings. The van der Waals surface area contributed by atoms with Crippen molar-refractivity contribution in [3.63, 3.8) is 0 Å². The van der Waals surface area contributed by atoms with E-state index >= 15 is 0 Å². The Kier molecular flexibility index (Phi) is 5.67. The van der Waals surface area contributed by atoms with Gasteiger partial charge in [-0.1, -0.05) is 15.9 Å². The van der Waals surface area contributed by atoms with Gasteiger partial charge in [0.15, 0.2) is 0 Å². The zero-order valence-electron chi connectivity index (χ0n) is 11.8. The van der Waals surface area contributed by atoms with E-state index in [0.29, 0.717) is 0 Å². The van der Waals surface area contributed by atoms with Gasteiger partial charge in [0, 0.05) is 43.5 Å². The van der Waals surface area contributed by atoms with Crippen molar-refractivity contribution in [3.05, 3.63) is 28.2 Å². The van der Waals surface area contributed by atoms with E-state index in [1.807, 2.05) is 7.05 Å². The zero-order chi connectivity index (χ0) is 13.7. The van der Waals surface area contributed by atoms with E-state index in [9.17, 15) is 0 Å². The summed E-state index contributed by atoms with van der Waals surface area (Å²) in [5, 5.41) is 3.24. The Morgan fingerprint density at radius 3 is 2.79 bits per heavy atom. The Bertz CT molecular complexity index is 405. The van der Waals surface area contributed by atoms with E-state index in [1.165, 1.54) is 24.1 Å². The summed E-state index contributed by atoms with van der Waals surface area (Å²) in [7, 11) is 4.18. The van der Waals surface area contributed by atoms with Crippen molar-refractivity contribution in [1.29, 1.82) is 0 Å². The molecule has 2 rings (SSSR count). The van der Waals surface area contributed by atoms with E-state index in [0.717, 1.165) is 36.7 Å². The summed E-state index contributed by atoms with van der Waals surface area (Å²) in [4.78, 5) is 2.38. The smallest absolute Gasteiger partial charge is 0.0469 e. The molecule has 19 heavy (non-hydrogen) atoms. The molecule has 0 atom stereocenters. The number of nitrogens with one attached hydrogen (secondary N) is 1. The highest BCUT2D eigenvalue weighted by Crippen LogP contribution is 2.26. The molecule has 1 aromatic rings. The molecule has 0 spiro atoms. The van der Waals surface area contributed by atoms with Gasteiger partial charge < -0.3 is 15.0 Å². The number of anilines is 1. The molecule has 0 radical (unpaired) electrons. The molecule has 1 aromatic carbocycles. The summed E-state index contributed by atoms with van der Waals surface area (Å²) in [5.74, 6) is 0.754. The predicted octanol–water partition coefficient (Wildman–Crippen LogP) is 3.03. The van der Waals surface area contributed by atoms with Gasteiger partial charge in [0.2, 0.25) is 0 Å². The third kappa shape index (κ3) is 4.20. The van der Waals surface area contributed by atoms with E-state index in [-0.39, 0.29) is 0 Å². The topological polar surface area (TPSA) is 24.5 Å². The van der Waals surface area contributed by atoms with E-state index < -0.39 is 0 Å². The van der Waals surface area contributed by atoms with Gasteiger partial charge in [0.1, 0.15) is 0 Å². The van der Waals surface area contributed by atoms with Crippen LogP contribution in [0.15, 0.2) is 22.7 Å². The molecule has 1 N–H and O–H groups in total. The first-order valence-electron chi connectivity index (χ1n) is 6.92. The number of ether oxygens (including phenoxy) is 1. The Hall–Kier alpha value is -0.580. The zero-order valence-corrected chi connectivity index (χ0v) is 13.4. The predicted molar refractivity (Wildman–Crippen MR) is 83.7 cm³/mol. The van der Waals surface area contributed by atoms with E-state index in [1.54, 1.807) is 0 Å². The average molecular weight is 327 g/mol. The first kappa shape index (κ1) is 14.8. The van der Waals surface area contributed by atoms with Crippen molar-refractivity contribution >= 4 is 21.6 Å². The molecule has 0 aromatic heterocycles. The van der Waals surface area contributed by atoms with Crippen LogP contribution in [-0.2, 0) is 11.3 Å². The van der Waals surface area contributed by atoms with E-state index in [4.69, 9.17) is 4.74 Å². The maximum atomic E-state index is 5.43. The summed E-state index contributed by atoms with van der Waals surface area (Å²) in [6.45, 7) is 3.85. The van der Waals surface area contributed by atoms with Crippen LogP contribution in [0, 0.1) is 5.92 Å². The monoisotopic (exact) mass is 326 g/mol. The van der Waals surface area contributed by atoms with Crippen LogP contribution in [0.5, 0.6) is 0 Å². The summed E-state index contributed by atoms with van der Waals surface area (Å²) < 4.78 is 6.57. The first-order valence-corrected chi connectivity index (χ1v) is 7.72. The lowest BCUT2D eigenvalue weighted by Crippen LogP contribution is -2.30. The minimum atomic E-state index is 0.754. The highest BCUT2D eigenvalue weighted by atomic mass is 79.9. The quantitative estimate of drug-likeness (QED) is 0.900. The van der Waals surface area contributed by atoms with Crippen LogP contribution in [0.1, 0.15) is 18.4 Å². The Balaban J connectivity index is 2.06. The Morgan fingerprint density at radius 1 is 1.37 bits per heavy atom. The fraction of sp³-hybridized carbons (Fsp3) is 0.600. The molecule has 0 aliphatic carbocycles. The molecule has 1 saturated heterocycles.